The van der Waals surface area contributed by atoms with Crippen LogP contribution in [0.5, 0.6) is 0 Å². The fourth-order valence-electron chi connectivity index (χ4n) is 1.94. The fourth-order valence-corrected chi connectivity index (χ4v) is 2.84. The molecular weight excluding hydrogens is 342 g/mol. The van der Waals surface area contributed by atoms with Gasteiger partial charge in [0, 0.05) is 23.1 Å². The van der Waals surface area contributed by atoms with E-state index in [1.807, 2.05) is 36.2 Å². The third-order valence-electron chi connectivity index (χ3n) is 2.91. The number of hydrogen-bond acceptors (Lipinski definition) is 2. The quantitative estimate of drug-likeness (QED) is 0.882. The molecule has 1 N–H and O–H groups in total. The van der Waals surface area contributed by atoms with Crippen molar-refractivity contribution in [3.8, 4) is 0 Å². The summed E-state index contributed by atoms with van der Waals surface area (Å²) in [6, 6.07) is 12.7. The van der Waals surface area contributed by atoms with Crippen molar-refractivity contribution in [2.75, 3.05) is 11.9 Å². The van der Waals surface area contributed by atoms with Gasteiger partial charge < -0.3 is 10.0 Å². The highest BCUT2D eigenvalue weighted by Crippen LogP contribution is 2.28. The Kier molecular flexibility index (Phi) is 4.68. The first-order valence-electron chi connectivity index (χ1n) is 5.96. The summed E-state index contributed by atoms with van der Waals surface area (Å²) in [6.45, 7) is 0.686. The SMILES string of the molecule is CN(Cc1cccc(Cl)c1)c1ccc(C(=O)O)cc1Br. The van der Waals surface area contributed by atoms with Gasteiger partial charge in [0.2, 0.25) is 0 Å². The van der Waals surface area contributed by atoms with E-state index in [-0.39, 0.29) is 5.56 Å². The highest BCUT2D eigenvalue weighted by molar-refractivity contribution is 9.10. The average molecular weight is 355 g/mol. The van der Waals surface area contributed by atoms with E-state index < -0.39 is 5.97 Å². The van der Waals surface area contributed by atoms with Crippen LogP contribution in [0.25, 0.3) is 0 Å². The van der Waals surface area contributed by atoms with Gasteiger partial charge in [0.15, 0.2) is 0 Å². The molecule has 0 saturated heterocycles. The van der Waals surface area contributed by atoms with Crippen molar-refractivity contribution in [2.45, 2.75) is 6.54 Å². The Bertz CT molecular complexity index is 646. The predicted octanol–water partition coefficient (Wildman–Crippen LogP) is 4.44. The number of carboxylic acid groups (broad SMARTS) is 1. The fraction of sp³-hybridized carbons (Fsp3) is 0.133. The van der Waals surface area contributed by atoms with E-state index in [2.05, 4.69) is 15.9 Å². The minimum atomic E-state index is -0.935. The smallest absolute Gasteiger partial charge is 0.335 e. The van der Waals surface area contributed by atoms with Crippen molar-refractivity contribution in [2.24, 2.45) is 0 Å². The number of rotatable bonds is 4. The Morgan fingerprint density at radius 2 is 2.05 bits per heavy atom. The molecule has 20 heavy (non-hydrogen) atoms. The molecule has 0 atom stereocenters. The molecule has 0 radical (unpaired) electrons. The van der Waals surface area contributed by atoms with Crippen LogP contribution in [0.2, 0.25) is 5.02 Å². The summed E-state index contributed by atoms with van der Waals surface area (Å²) >= 11 is 9.38. The minimum Gasteiger partial charge on any atom is -0.478 e. The van der Waals surface area contributed by atoms with E-state index in [1.54, 1.807) is 18.2 Å². The molecule has 0 spiro atoms. The summed E-state index contributed by atoms with van der Waals surface area (Å²) in [6.07, 6.45) is 0. The monoisotopic (exact) mass is 353 g/mol. The minimum absolute atomic E-state index is 0.261. The molecule has 3 nitrogen and oxygen atoms in total. The molecule has 0 aliphatic rings. The lowest BCUT2D eigenvalue weighted by atomic mass is 10.1. The lowest BCUT2D eigenvalue weighted by Gasteiger charge is -2.21. The molecule has 0 aromatic heterocycles. The molecule has 2 aromatic carbocycles. The van der Waals surface area contributed by atoms with E-state index >= 15 is 0 Å². The van der Waals surface area contributed by atoms with Gasteiger partial charge in [-0.25, -0.2) is 4.79 Å². The number of hydrogen-bond donors (Lipinski definition) is 1. The van der Waals surface area contributed by atoms with Crippen LogP contribution in [0.1, 0.15) is 15.9 Å². The van der Waals surface area contributed by atoms with Crippen LogP contribution in [0, 0.1) is 0 Å². The van der Waals surface area contributed by atoms with Crippen LogP contribution >= 0.6 is 27.5 Å². The highest BCUT2D eigenvalue weighted by Gasteiger charge is 2.10. The van der Waals surface area contributed by atoms with Gasteiger partial charge in [-0.2, -0.15) is 0 Å². The van der Waals surface area contributed by atoms with Crippen molar-refractivity contribution >= 4 is 39.2 Å². The molecule has 0 saturated carbocycles. The van der Waals surface area contributed by atoms with Gasteiger partial charge >= 0.3 is 5.97 Å². The first kappa shape index (κ1) is 14.9. The summed E-state index contributed by atoms with van der Waals surface area (Å²) < 4.78 is 0.752. The molecule has 104 valence electrons. The lowest BCUT2D eigenvalue weighted by molar-refractivity contribution is 0.0697. The number of anilines is 1. The number of carbonyl (C=O) groups is 1. The third-order valence-corrected chi connectivity index (χ3v) is 3.78. The Morgan fingerprint density at radius 1 is 1.30 bits per heavy atom. The Hall–Kier alpha value is -1.52. The zero-order valence-electron chi connectivity index (χ0n) is 10.8. The van der Waals surface area contributed by atoms with Crippen LogP contribution < -0.4 is 4.90 Å². The van der Waals surface area contributed by atoms with Gasteiger partial charge in [0.05, 0.1) is 11.3 Å². The van der Waals surface area contributed by atoms with E-state index in [0.717, 1.165) is 15.7 Å². The van der Waals surface area contributed by atoms with Gasteiger partial charge in [-0.15, -0.1) is 0 Å². The van der Waals surface area contributed by atoms with Crippen molar-refractivity contribution in [3.05, 3.63) is 63.1 Å². The maximum absolute atomic E-state index is 10.9. The number of aromatic carboxylic acids is 1. The average Bonchev–Trinajstić information content (AvgIpc) is 2.38. The first-order valence-corrected chi connectivity index (χ1v) is 7.13. The van der Waals surface area contributed by atoms with E-state index in [1.165, 1.54) is 0 Å². The van der Waals surface area contributed by atoms with Crippen LogP contribution in [0.3, 0.4) is 0 Å². The molecule has 2 rings (SSSR count). The van der Waals surface area contributed by atoms with Crippen molar-refractivity contribution in [3.63, 3.8) is 0 Å². The molecule has 0 fully saturated rings. The molecular formula is C15H13BrClNO2. The first-order chi connectivity index (χ1) is 9.47. The van der Waals surface area contributed by atoms with Gasteiger partial charge in [-0.3, -0.25) is 0 Å². The zero-order valence-corrected chi connectivity index (χ0v) is 13.1. The second kappa shape index (κ2) is 6.29. The topological polar surface area (TPSA) is 40.5 Å². The normalized spacial score (nSPS) is 10.3. The van der Waals surface area contributed by atoms with Crippen LogP contribution in [0.15, 0.2) is 46.9 Å². The Labute approximate surface area is 130 Å². The maximum atomic E-state index is 10.9. The van der Waals surface area contributed by atoms with Gasteiger partial charge in [-0.1, -0.05) is 23.7 Å². The standard InChI is InChI=1S/C15H13BrClNO2/c1-18(9-10-3-2-4-12(17)7-10)14-6-5-11(15(19)20)8-13(14)16/h2-8H,9H2,1H3,(H,19,20). The van der Waals surface area contributed by atoms with Crippen LogP contribution in [-0.2, 0) is 6.54 Å². The van der Waals surface area contributed by atoms with Crippen molar-refractivity contribution < 1.29 is 9.90 Å². The summed E-state index contributed by atoms with van der Waals surface area (Å²) in [7, 11) is 1.95. The summed E-state index contributed by atoms with van der Waals surface area (Å²) in [4.78, 5) is 12.9. The number of carboxylic acids is 1. The largest absolute Gasteiger partial charge is 0.478 e. The van der Waals surface area contributed by atoms with Crippen LogP contribution in [-0.4, -0.2) is 18.1 Å². The lowest BCUT2D eigenvalue weighted by Crippen LogP contribution is -2.17. The molecule has 0 unspecified atom stereocenters. The van der Waals surface area contributed by atoms with Crippen LogP contribution in [0.4, 0.5) is 5.69 Å². The third kappa shape index (κ3) is 3.52. The molecule has 2 aromatic rings. The number of halogens is 2. The molecule has 0 bridgehead atoms. The molecule has 0 amide bonds. The van der Waals surface area contributed by atoms with Crippen molar-refractivity contribution in [1.82, 2.24) is 0 Å². The van der Waals surface area contributed by atoms with Gasteiger partial charge in [0.25, 0.3) is 0 Å². The van der Waals surface area contributed by atoms with E-state index in [4.69, 9.17) is 16.7 Å². The second-order valence-electron chi connectivity index (χ2n) is 4.46. The summed E-state index contributed by atoms with van der Waals surface area (Å²) in [5, 5.41) is 9.66. The van der Waals surface area contributed by atoms with Crippen molar-refractivity contribution in [1.29, 1.82) is 0 Å². The molecule has 0 aliphatic carbocycles. The summed E-state index contributed by atoms with van der Waals surface area (Å²) in [5.74, 6) is -0.935. The molecule has 0 aliphatic heterocycles. The number of benzene rings is 2. The predicted molar refractivity (Wildman–Crippen MR) is 84.7 cm³/mol. The Balaban J connectivity index is 2.21. The van der Waals surface area contributed by atoms with Gasteiger partial charge in [0.1, 0.15) is 0 Å². The Morgan fingerprint density at radius 3 is 2.65 bits per heavy atom. The number of nitrogens with zero attached hydrogens (tertiary/aromatic N) is 1. The molecule has 5 heteroatoms. The second-order valence-corrected chi connectivity index (χ2v) is 5.75. The highest BCUT2D eigenvalue weighted by atomic mass is 79.9. The maximum Gasteiger partial charge on any atom is 0.335 e. The van der Waals surface area contributed by atoms with E-state index in [9.17, 15) is 4.79 Å². The molecule has 0 heterocycles. The van der Waals surface area contributed by atoms with Gasteiger partial charge in [-0.05, 0) is 51.8 Å². The summed E-state index contributed by atoms with van der Waals surface area (Å²) in [5.41, 5.74) is 2.28. The zero-order chi connectivity index (χ0) is 14.7. The van der Waals surface area contributed by atoms with E-state index in [0.29, 0.717) is 11.6 Å².